The van der Waals surface area contributed by atoms with Crippen molar-refractivity contribution in [1.82, 2.24) is 0 Å². The number of aliphatic hydroxyl groups excluding tert-OH is 1. The molecule has 6 heteroatoms. The SMILES string of the molecule is O=S(=O)(Cc1ccc(Cl)cc1)N1CCC(O)c2ccccc21. The van der Waals surface area contributed by atoms with Crippen molar-refractivity contribution in [2.24, 2.45) is 0 Å². The maximum atomic E-state index is 12.7. The Bertz CT molecular complexity index is 774. The van der Waals surface area contributed by atoms with Crippen molar-refractivity contribution < 1.29 is 13.5 Å². The zero-order chi connectivity index (χ0) is 15.7. The van der Waals surface area contributed by atoms with E-state index in [1.807, 2.05) is 0 Å². The average Bonchev–Trinajstić information content (AvgIpc) is 2.50. The number of hydrogen-bond acceptors (Lipinski definition) is 3. The van der Waals surface area contributed by atoms with Gasteiger partial charge in [-0.2, -0.15) is 0 Å². The molecule has 0 aliphatic carbocycles. The highest BCUT2D eigenvalue weighted by Gasteiger charge is 2.30. The van der Waals surface area contributed by atoms with E-state index in [1.54, 1.807) is 48.5 Å². The average molecular weight is 338 g/mol. The molecule has 1 aliphatic heterocycles. The summed E-state index contributed by atoms with van der Waals surface area (Å²) in [5, 5.41) is 10.6. The quantitative estimate of drug-likeness (QED) is 0.936. The molecule has 0 bridgehead atoms. The Balaban J connectivity index is 1.93. The fourth-order valence-electron chi connectivity index (χ4n) is 2.67. The van der Waals surface area contributed by atoms with E-state index in [1.165, 1.54) is 4.31 Å². The van der Waals surface area contributed by atoms with Gasteiger partial charge in [0.2, 0.25) is 10.0 Å². The topological polar surface area (TPSA) is 57.6 Å². The first-order valence-electron chi connectivity index (χ1n) is 6.99. The lowest BCUT2D eigenvalue weighted by Crippen LogP contribution is -2.37. The molecule has 0 amide bonds. The molecule has 2 aromatic carbocycles. The van der Waals surface area contributed by atoms with Crippen LogP contribution in [0.2, 0.25) is 5.02 Å². The second kappa shape index (κ2) is 5.91. The van der Waals surface area contributed by atoms with Crippen LogP contribution in [0.25, 0.3) is 0 Å². The van der Waals surface area contributed by atoms with Crippen molar-refractivity contribution >= 4 is 27.3 Å². The predicted octanol–water partition coefficient (Wildman–Crippen LogP) is 3.11. The number of aliphatic hydroxyl groups is 1. The number of sulfonamides is 1. The van der Waals surface area contributed by atoms with Crippen LogP contribution in [0.1, 0.15) is 23.7 Å². The van der Waals surface area contributed by atoms with Gasteiger partial charge in [0.05, 0.1) is 17.5 Å². The minimum atomic E-state index is -3.51. The van der Waals surface area contributed by atoms with E-state index in [4.69, 9.17) is 11.6 Å². The molecule has 1 atom stereocenters. The minimum Gasteiger partial charge on any atom is -0.388 e. The van der Waals surface area contributed by atoms with Gasteiger partial charge in [-0.15, -0.1) is 0 Å². The first-order valence-corrected chi connectivity index (χ1v) is 8.98. The van der Waals surface area contributed by atoms with Crippen LogP contribution in [0.3, 0.4) is 0 Å². The maximum Gasteiger partial charge on any atom is 0.239 e. The molecule has 3 rings (SSSR count). The van der Waals surface area contributed by atoms with Crippen LogP contribution < -0.4 is 4.31 Å². The van der Waals surface area contributed by atoms with Gasteiger partial charge in [0, 0.05) is 17.1 Å². The van der Waals surface area contributed by atoms with Crippen molar-refractivity contribution in [3.63, 3.8) is 0 Å². The van der Waals surface area contributed by atoms with Crippen LogP contribution in [-0.4, -0.2) is 20.1 Å². The predicted molar refractivity (Wildman–Crippen MR) is 87.4 cm³/mol. The van der Waals surface area contributed by atoms with E-state index in [0.29, 0.717) is 28.3 Å². The summed E-state index contributed by atoms with van der Waals surface area (Å²) in [6, 6.07) is 13.9. The molecule has 0 radical (unpaired) electrons. The van der Waals surface area contributed by atoms with E-state index in [9.17, 15) is 13.5 Å². The molecule has 4 nitrogen and oxygen atoms in total. The third kappa shape index (κ3) is 2.97. The summed E-state index contributed by atoms with van der Waals surface area (Å²) in [6.45, 7) is 0.286. The molecule has 0 saturated carbocycles. The molecule has 1 heterocycles. The van der Waals surface area contributed by atoms with E-state index in [2.05, 4.69) is 0 Å². The van der Waals surface area contributed by atoms with Crippen molar-refractivity contribution in [3.8, 4) is 0 Å². The lowest BCUT2D eigenvalue weighted by molar-refractivity contribution is 0.166. The number of hydrogen-bond donors (Lipinski definition) is 1. The van der Waals surface area contributed by atoms with E-state index >= 15 is 0 Å². The molecule has 1 unspecified atom stereocenters. The number of benzene rings is 2. The lowest BCUT2D eigenvalue weighted by atomic mass is 10.0. The summed E-state index contributed by atoms with van der Waals surface area (Å²) >= 11 is 5.83. The molecule has 116 valence electrons. The molecule has 0 spiro atoms. The fourth-order valence-corrected chi connectivity index (χ4v) is 4.42. The normalized spacial score (nSPS) is 18.1. The molecular weight excluding hydrogens is 322 g/mol. The van der Waals surface area contributed by atoms with E-state index < -0.39 is 16.1 Å². The van der Waals surface area contributed by atoms with Gasteiger partial charge in [-0.25, -0.2) is 8.42 Å². The Morgan fingerprint density at radius 3 is 2.55 bits per heavy atom. The zero-order valence-electron chi connectivity index (χ0n) is 11.8. The maximum absolute atomic E-state index is 12.7. The van der Waals surface area contributed by atoms with Gasteiger partial charge >= 0.3 is 0 Å². The highest BCUT2D eigenvalue weighted by Crippen LogP contribution is 2.35. The van der Waals surface area contributed by atoms with Gasteiger partial charge in [-0.05, 0) is 30.2 Å². The number of nitrogens with zero attached hydrogens (tertiary/aromatic N) is 1. The largest absolute Gasteiger partial charge is 0.388 e. The van der Waals surface area contributed by atoms with Crippen LogP contribution in [0.5, 0.6) is 0 Å². The molecule has 1 N–H and O–H groups in total. The lowest BCUT2D eigenvalue weighted by Gasteiger charge is -2.33. The molecule has 1 aliphatic rings. The Morgan fingerprint density at radius 1 is 1.14 bits per heavy atom. The summed E-state index contributed by atoms with van der Waals surface area (Å²) in [5.74, 6) is -0.0887. The van der Waals surface area contributed by atoms with Crippen LogP contribution in [0.4, 0.5) is 5.69 Å². The van der Waals surface area contributed by atoms with Gasteiger partial charge in [-0.1, -0.05) is 41.9 Å². The minimum absolute atomic E-state index is 0.0887. The van der Waals surface area contributed by atoms with Crippen LogP contribution in [0, 0.1) is 0 Å². The van der Waals surface area contributed by atoms with Crippen molar-refractivity contribution in [2.45, 2.75) is 18.3 Å². The van der Waals surface area contributed by atoms with Crippen molar-refractivity contribution in [3.05, 3.63) is 64.7 Å². The number of rotatable bonds is 3. The third-order valence-electron chi connectivity index (χ3n) is 3.77. The second-order valence-electron chi connectivity index (χ2n) is 5.32. The summed E-state index contributed by atoms with van der Waals surface area (Å²) in [6.07, 6.45) is -0.213. The Morgan fingerprint density at radius 2 is 1.82 bits per heavy atom. The zero-order valence-corrected chi connectivity index (χ0v) is 13.4. The molecule has 0 aromatic heterocycles. The molecule has 0 fully saturated rings. The fraction of sp³-hybridized carbons (Fsp3) is 0.250. The van der Waals surface area contributed by atoms with Gasteiger partial charge in [-0.3, -0.25) is 4.31 Å². The smallest absolute Gasteiger partial charge is 0.239 e. The number of anilines is 1. The molecular formula is C16H16ClNO3S. The monoisotopic (exact) mass is 337 g/mol. The highest BCUT2D eigenvalue weighted by atomic mass is 35.5. The van der Waals surface area contributed by atoms with Gasteiger partial charge < -0.3 is 5.11 Å². The Labute approximate surface area is 135 Å². The van der Waals surface area contributed by atoms with Crippen molar-refractivity contribution in [2.75, 3.05) is 10.8 Å². The van der Waals surface area contributed by atoms with Gasteiger partial charge in [0.25, 0.3) is 0 Å². The van der Waals surface area contributed by atoms with Crippen LogP contribution in [0.15, 0.2) is 48.5 Å². The van der Waals surface area contributed by atoms with E-state index in [-0.39, 0.29) is 12.3 Å². The summed E-state index contributed by atoms with van der Waals surface area (Å²) in [5.41, 5.74) is 1.91. The highest BCUT2D eigenvalue weighted by molar-refractivity contribution is 7.92. The number of halogens is 1. The standard InChI is InChI=1S/C16H16ClNO3S/c17-13-7-5-12(6-8-13)11-22(20,21)18-10-9-16(19)14-3-1-2-4-15(14)18/h1-8,16,19H,9-11H2. The van der Waals surface area contributed by atoms with Gasteiger partial charge in [0.15, 0.2) is 0 Å². The summed E-state index contributed by atoms with van der Waals surface area (Å²) < 4.78 is 26.8. The number of para-hydroxylation sites is 1. The van der Waals surface area contributed by atoms with E-state index in [0.717, 1.165) is 0 Å². The first kappa shape index (κ1) is 15.3. The number of fused-ring (bicyclic) bond motifs is 1. The molecule has 22 heavy (non-hydrogen) atoms. The Hall–Kier alpha value is -1.56. The Kier molecular flexibility index (Phi) is 4.12. The van der Waals surface area contributed by atoms with Crippen LogP contribution in [-0.2, 0) is 15.8 Å². The van der Waals surface area contributed by atoms with Crippen LogP contribution >= 0.6 is 11.6 Å². The third-order valence-corrected chi connectivity index (χ3v) is 5.77. The summed E-state index contributed by atoms with van der Waals surface area (Å²) in [7, 11) is -3.51. The molecule has 0 saturated heterocycles. The van der Waals surface area contributed by atoms with Crippen molar-refractivity contribution in [1.29, 1.82) is 0 Å². The first-order chi connectivity index (χ1) is 10.5. The second-order valence-corrected chi connectivity index (χ2v) is 7.65. The summed E-state index contributed by atoms with van der Waals surface area (Å²) in [4.78, 5) is 0. The molecule has 2 aromatic rings. The van der Waals surface area contributed by atoms with Gasteiger partial charge in [0.1, 0.15) is 0 Å².